The molecule has 1 saturated heterocycles. The summed E-state index contributed by atoms with van der Waals surface area (Å²) in [5.74, 6) is 1.87. The number of piperidine rings is 1. The molecule has 4 rings (SSSR count). The third-order valence-corrected chi connectivity index (χ3v) is 5.81. The smallest absolute Gasteiger partial charge is 0.410 e. The Kier molecular flexibility index (Phi) is 5.82. The zero-order chi connectivity index (χ0) is 23.8. The zero-order valence-corrected chi connectivity index (χ0v) is 19.6. The number of rotatable bonds is 3. The van der Waals surface area contributed by atoms with Crippen molar-refractivity contribution in [1.29, 1.82) is 0 Å². The maximum absolute atomic E-state index is 12.4. The Morgan fingerprint density at radius 1 is 1.24 bits per heavy atom. The first-order chi connectivity index (χ1) is 15.6. The van der Waals surface area contributed by atoms with E-state index >= 15 is 0 Å². The molecule has 2 aliphatic heterocycles. The number of fused-ring (bicyclic) bond motifs is 1. The van der Waals surface area contributed by atoms with E-state index in [0.717, 1.165) is 16.7 Å². The molecule has 0 atom stereocenters. The molecule has 1 aromatic carbocycles. The topological polar surface area (TPSA) is 126 Å². The predicted octanol–water partition coefficient (Wildman–Crippen LogP) is 3.42. The van der Waals surface area contributed by atoms with E-state index in [9.17, 15) is 4.79 Å². The van der Waals surface area contributed by atoms with Crippen molar-refractivity contribution in [3.05, 3.63) is 41.1 Å². The third kappa shape index (κ3) is 4.97. The minimum absolute atomic E-state index is 0.151. The summed E-state index contributed by atoms with van der Waals surface area (Å²) in [5, 5.41) is 0. The third-order valence-electron chi connectivity index (χ3n) is 5.81. The summed E-state index contributed by atoms with van der Waals surface area (Å²) in [7, 11) is 1.62. The number of anilines is 2. The van der Waals surface area contributed by atoms with Crippen molar-refractivity contribution in [2.45, 2.75) is 51.2 Å². The molecule has 0 radical (unpaired) electrons. The Labute approximate surface area is 193 Å². The van der Waals surface area contributed by atoms with Crippen LogP contribution in [0.25, 0.3) is 6.08 Å². The number of likely N-dealkylation sites (tertiary alicyclic amines) is 1. The van der Waals surface area contributed by atoms with E-state index in [2.05, 4.69) is 22.1 Å². The number of nitrogens with two attached hydrogens (primary N) is 2. The molecule has 0 unspecified atom stereocenters. The predicted molar refractivity (Wildman–Crippen MR) is 126 cm³/mol. The summed E-state index contributed by atoms with van der Waals surface area (Å²) < 4.78 is 17.7. The summed E-state index contributed by atoms with van der Waals surface area (Å²) in [6.45, 7) is 6.73. The standard InChI is InChI=1S/C24H31N5O4/c1-23(2,3)33-22(30)29-9-7-24(8-10-29)6-5-16-11-15(13-18(31-4)19(16)32-24)12-17-14-27-21(26)28-20(17)25/h5-6,11,13-14H,7-10,12H2,1-4H3,(H4,25,26,27,28). The van der Waals surface area contributed by atoms with E-state index in [1.54, 1.807) is 18.2 Å². The van der Waals surface area contributed by atoms with Crippen molar-refractivity contribution in [3.63, 3.8) is 0 Å². The molecule has 0 saturated carbocycles. The van der Waals surface area contributed by atoms with Gasteiger partial charge >= 0.3 is 6.09 Å². The summed E-state index contributed by atoms with van der Waals surface area (Å²) in [4.78, 5) is 22.2. The molecule has 0 aliphatic carbocycles. The maximum Gasteiger partial charge on any atom is 0.410 e. The fraction of sp³-hybridized carbons (Fsp3) is 0.458. The highest BCUT2D eigenvalue weighted by molar-refractivity contribution is 5.69. The van der Waals surface area contributed by atoms with Gasteiger partial charge in [-0.25, -0.2) is 9.78 Å². The average molecular weight is 454 g/mol. The SMILES string of the molecule is COc1cc(Cc2cnc(N)nc2N)cc2c1OC1(C=C2)CCN(C(=O)OC(C)(C)C)CC1. The normalized spacial score (nSPS) is 16.8. The van der Waals surface area contributed by atoms with Crippen molar-refractivity contribution >= 4 is 23.9 Å². The van der Waals surface area contributed by atoms with Crippen LogP contribution in [0.15, 0.2) is 24.4 Å². The van der Waals surface area contributed by atoms with E-state index in [0.29, 0.717) is 49.7 Å². The maximum atomic E-state index is 12.4. The first-order valence-corrected chi connectivity index (χ1v) is 11.0. The highest BCUT2D eigenvalue weighted by Gasteiger charge is 2.39. The molecule has 3 heterocycles. The van der Waals surface area contributed by atoms with Crippen LogP contribution in [-0.2, 0) is 11.2 Å². The van der Waals surface area contributed by atoms with Crippen LogP contribution in [0.5, 0.6) is 11.5 Å². The van der Waals surface area contributed by atoms with Crippen LogP contribution in [0.2, 0.25) is 0 Å². The van der Waals surface area contributed by atoms with Gasteiger partial charge < -0.3 is 30.6 Å². The molecule has 1 fully saturated rings. The van der Waals surface area contributed by atoms with Gasteiger partial charge in [0.1, 0.15) is 17.0 Å². The Hall–Kier alpha value is -3.49. The Bertz CT molecular complexity index is 1080. The van der Waals surface area contributed by atoms with Crippen LogP contribution in [0.4, 0.5) is 16.6 Å². The lowest BCUT2D eigenvalue weighted by Gasteiger charge is -2.42. The van der Waals surface area contributed by atoms with Crippen LogP contribution in [0, 0.1) is 0 Å². The summed E-state index contributed by atoms with van der Waals surface area (Å²) in [6, 6.07) is 3.99. The molecule has 1 aromatic heterocycles. The molecule has 0 bridgehead atoms. The van der Waals surface area contributed by atoms with Gasteiger partial charge in [-0.3, -0.25) is 0 Å². The number of hydrogen-bond donors (Lipinski definition) is 2. The molecule has 9 nitrogen and oxygen atoms in total. The van der Waals surface area contributed by atoms with Crippen molar-refractivity contribution in [2.75, 3.05) is 31.7 Å². The van der Waals surface area contributed by atoms with Gasteiger partial charge in [0.05, 0.1) is 7.11 Å². The second-order valence-corrected chi connectivity index (χ2v) is 9.50. The van der Waals surface area contributed by atoms with Gasteiger partial charge in [-0.1, -0.05) is 6.08 Å². The second kappa shape index (κ2) is 8.46. The molecule has 1 amide bonds. The van der Waals surface area contributed by atoms with Crippen LogP contribution in [0.1, 0.15) is 50.3 Å². The monoisotopic (exact) mass is 453 g/mol. The minimum atomic E-state index is -0.513. The van der Waals surface area contributed by atoms with Crippen LogP contribution >= 0.6 is 0 Å². The lowest BCUT2D eigenvalue weighted by Crippen LogP contribution is -2.50. The van der Waals surface area contributed by atoms with E-state index in [-0.39, 0.29) is 12.0 Å². The van der Waals surface area contributed by atoms with Crippen LogP contribution in [-0.4, -0.2) is 52.4 Å². The molecule has 176 valence electrons. The van der Waals surface area contributed by atoms with Gasteiger partial charge in [0.25, 0.3) is 0 Å². The molecular formula is C24H31N5O4. The number of carbonyl (C=O) groups is 1. The van der Waals surface area contributed by atoms with Gasteiger partial charge in [-0.05, 0) is 44.5 Å². The van der Waals surface area contributed by atoms with Gasteiger partial charge in [0.15, 0.2) is 11.5 Å². The zero-order valence-electron chi connectivity index (χ0n) is 19.6. The number of nitrogens with zero attached hydrogens (tertiary/aromatic N) is 3. The Morgan fingerprint density at radius 2 is 1.97 bits per heavy atom. The number of nitrogen functional groups attached to an aromatic ring is 2. The molecule has 2 aromatic rings. The lowest BCUT2D eigenvalue weighted by molar-refractivity contribution is -0.00162. The Morgan fingerprint density at radius 3 is 2.61 bits per heavy atom. The lowest BCUT2D eigenvalue weighted by atomic mass is 9.87. The van der Waals surface area contributed by atoms with Crippen LogP contribution < -0.4 is 20.9 Å². The van der Waals surface area contributed by atoms with E-state index in [1.165, 1.54) is 0 Å². The molecule has 4 N–H and O–H groups in total. The van der Waals surface area contributed by atoms with Gasteiger partial charge in [-0.15, -0.1) is 0 Å². The molecular weight excluding hydrogens is 422 g/mol. The highest BCUT2D eigenvalue weighted by Crippen LogP contribution is 2.43. The second-order valence-electron chi connectivity index (χ2n) is 9.50. The number of amides is 1. The van der Waals surface area contributed by atoms with Crippen molar-refractivity contribution in [3.8, 4) is 11.5 Å². The first kappa shape index (κ1) is 22.7. The van der Waals surface area contributed by atoms with Gasteiger partial charge in [0.2, 0.25) is 5.95 Å². The van der Waals surface area contributed by atoms with E-state index in [4.69, 9.17) is 25.7 Å². The highest BCUT2D eigenvalue weighted by atomic mass is 16.6. The number of hydrogen-bond acceptors (Lipinski definition) is 8. The minimum Gasteiger partial charge on any atom is -0.493 e. The van der Waals surface area contributed by atoms with Crippen LogP contribution in [0.3, 0.4) is 0 Å². The Balaban J connectivity index is 1.51. The largest absolute Gasteiger partial charge is 0.493 e. The molecule has 2 aliphatic rings. The first-order valence-electron chi connectivity index (χ1n) is 11.0. The number of carbonyl (C=O) groups excluding carboxylic acids is 1. The summed E-state index contributed by atoms with van der Waals surface area (Å²) in [5.41, 5.74) is 13.3. The number of aromatic nitrogens is 2. The number of ether oxygens (including phenoxy) is 3. The number of methoxy groups -OCH3 is 1. The van der Waals surface area contributed by atoms with E-state index < -0.39 is 11.2 Å². The number of benzene rings is 1. The van der Waals surface area contributed by atoms with Crippen molar-refractivity contribution < 1.29 is 19.0 Å². The summed E-state index contributed by atoms with van der Waals surface area (Å²) in [6.07, 6.45) is 7.40. The molecule has 1 spiro atoms. The average Bonchev–Trinajstić information content (AvgIpc) is 2.75. The fourth-order valence-electron chi connectivity index (χ4n) is 4.10. The molecule has 33 heavy (non-hydrogen) atoms. The summed E-state index contributed by atoms with van der Waals surface area (Å²) >= 11 is 0. The van der Waals surface area contributed by atoms with Gasteiger partial charge in [0, 0.05) is 49.7 Å². The van der Waals surface area contributed by atoms with Crippen molar-refractivity contribution in [1.82, 2.24) is 14.9 Å². The fourth-order valence-corrected chi connectivity index (χ4v) is 4.10. The van der Waals surface area contributed by atoms with Crippen molar-refractivity contribution in [2.24, 2.45) is 0 Å². The van der Waals surface area contributed by atoms with Gasteiger partial charge in [-0.2, -0.15) is 4.98 Å². The molecule has 9 heteroatoms. The quantitative estimate of drug-likeness (QED) is 0.724. The van der Waals surface area contributed by atoms with E-state index in [1.807, 2.05) is 32.9 Å².